The van der Waals surface area contributed by atoms with Crippen molar-refractivity contribution in [2.24, 2.45) is 11.7 Å². The second-order valence-electron chi connectivity index (χ2n) is 5.75. The number of nitrogens with zero attached hydrogens (tertiary/aromatic N) is 3. The quantitative estimate of drug-likeness (QED) is 0.854. The van der Waals surface area contributed by atoms with E-state index in [9.17, 15) is 0 Å². The van der Waals surface area contributed by atoms with E-state index in [1.807, 2.05) is 0 Å². The normalized spacial score (nSPS) is 24.8. The van der Waals surface area contributed by atoms with Crippen LogP contribution < -0.4 is 10.6 Å². The summed E-state index contributed by atoms with van der Waals surface area (Å²) in [4.78, 5) is 6.82. The van der Waals surface area contributed by atoms with Crippen LogP contribution in [0.2, 0.25) is 0 Å². The number of aryl methyl sites for hydroxylation is 1. The Bertz CT molecular complexity index is 373. The van der Waals surface area contributed by atoms with Crippen molar-refractivity contribution in [2.75, 3.05) is 11.4 Å². The minimum Gasteiger partial charge on any atom is -0.335 e. The molecule has 0 aromatic carbocycles. The number of piperidine rings is 1. The summed E-state index contributed by atoms with van der Waals surface area (Å²) < 4.78 is 0. The molecule has 0 saturated carbocycles. The molecule has 0 spiro atoms. The summed E-state index contributed by atoms with van der Waals surface area (Å²) in [7, 11) is 0. The zero-order valence-corrected chi connectivity index (χ0v) is 11.7. The Hall–Kier alpha value is -1.10. The van der Waals surface area contributed by atoms with Crippen LogP contribution in [0.5, 0.6) is 0 Å². The van der Waals surface area contributed by atoms with E-state index >= 15 is 0 Å². The highest BCUT2D eigenvalue weighted by atomic mass is 15.4. The van der Waals surface area contributed by atoms with E-state index in [0.717, 1.165) is 44.0 Å². The van der Waals surface area contributed by atoms with Gasteiger partial charge in [-0.2, -0.15) is 4.98 Å². The molecule has 0 amide bonds. The number of H-pyrrole nitrogens is 1. The predicted octanol–water partition coefficient (Wildman–Crippen LogP) is 1.71. The maximum atomic E-state index is 6.10. The minimum atomic E-state index is 0.233. The topological polar surface area (TPSA) is 70.8 Å². The van der Waals surface area contributed by atoms with E-state index in [1.165, 1.54) is 0 Å². The Morgan fingerprint density at radius 2 is 2.28 bits per heavy atom. The smallest absolute Gasteiger partial charge is 0.244 e. The number of anilines is 1. The summed E-state index contributed by atoms with van der Waals surface area (Å²) in [6.45, 7) is 7.62. The van der Waals surface area contributed by atoms with Crippen LogP contribution in [-0.2, 0) is 6.42 Å². The number of rotatable bonds is 4. The van der Waals surface area contributed by atoms with Crippen LogP contribution in [-0.4, -0.2) is 33.8 Å². The lowest BCUT2D eigenvalue weighted by Gasteiger charge is -2.36. The molecule has 0 aliphatic carbocycles. The number of aromatic amines is 1. The van der Waals surface area contributed by atoms with E-state index in [1.54, 1.807) is 0 Å². The van der Waals surface area contributed by atoms with E-state index in [0.29, 0.717) is 12.0 Å². The molecule has 2 atom stereocenters. The van der Waals surface area contributed by atoms with Gasteiger partial charge in [-0.25, -0.2) is 0 Å². The summed E-state index contributed by atoms with van der Waals surface area (Å²) in [5, 5.41) is 7.39. The van der Waals surface area contributed by atoms with Crippen LogP contribution in [0, 0.1) is 5.92 Å². The lowest BCUT2D eigenvalue weighted by atomic mass is 9.99. The van der Waals surface area contributed by atoms with Crippen molar-refractivity contribution in [1.82, 2.24) is 15.2 Å². The van der Waals surface area contributed by atoms with Crippen molar-refractivity contribution >= 4 is 5.95 Å². The Labute approximate surface area is 109 Å². The highest BCUT2D eigenvalue weighted by Gasteiger charge is 2.27. The molecule has 0 radical (unpaired) electrons. The fourth-order valence-corrected chi connectivity index (χ4v) is 2.41. The molecule has 102 valence electrons. The molecule has 3 N–H and O–H groups in total. The van der Waals surface area contributed by atoms with E-state index in [2.05, 4.69) is 40.9 Å². The van der Waals surface area contributed by atoms with E-state index < -0.39 is 0 Å². The molecule has 1 aromatic rings. The van der Waals surface area contributed by atoms with Crippen molar-refractivity contribution in [3.8, 4) is 0 Å². The minimum absolute atomic E-state index is 0.233. The van der Waals surface area contributed by atoms with Gasteiger partial charge in [0.15, 0.2) is 0 Å². The van der Waals surface area contributed by atoms with Gasteiger partial charge in [-0.1, -0.05) is 13.8 Å². The maximum absolute atomic E-state index is 6.10. The third kappa shape index (κ3) is 3.02. The third-order valence-corrected chi connectivity index (χ3v) is 3.78. The summed E-state index contributed by atoms with van der Waals surface area (Å²) in [6, 6.07) is 0.559. The van der Waals surface area contributed by atoms with Crippen LogP contribution >= 0.6 is 0 Å². The van der Waals surface area contributed by atoms with Crippen LogP contribution in [0.4, 0.5) is 5.95 Å². The molecular weight excluding hydrogens is 226 g/mol. The third-order valence-electron chi connectivity index (χ3n) is 3.78. The second kappa shape index (κ2) is 5.69. The first-order valence-electron chi connectivity index (χ1n) is 7.01. The Morgan fingerprint density at radius 3 is 3.00 bits per heavy atom. The standard InChI is InChI=1S/C13H25N5/c1-9(2)6-7-12-15-13(17-16-12)18-8-4-5-11(14)10(18)3/h9-11H,4-8,14H2,1-3H3,(H,15,16,17). The number of aromatic nitrogens is 3. The lowest BCUT2D eigenvalue weighted by Crippen LogP contribution is -2.50. The van der Waals surface area contributed by atoms with Crippen molar-refractivity contribution in [1.29, 1.82) is 0 Å². The number of nitrogens with two attached hydrogens (primary N) is 1. The van der Waals surface area contributed by atoms with E-state index in [-0.39, 0.29) is 6.04 Å². The molecule has 1 aromatic heterocycles. The second-order valence-corrected chi connectivity index (χ2v) is 5.75. The van der Waals surface area contributed by atoms with Crippen LogP contribution in [0.3, 0.4) is 0 Å². The van der Waals surface area contributed by atoms with Crippen molar-refractivity contribution in [3.05, 3.63) is 5.82 Å². The zero-order valence-electron chi connectivity index (χ0n) is 11.7. The molecule has 1 saturated heterocycles. The first-order chi connectivity index (χ1) is 8.58. The SMILES string of the molecule is CC(C)CCc1nc(N2CCCC(N)C2C)n[nH]1. The molecule has 2 rings (SSSR count). The summed E-state index contributed by atoms with van der Waals surface area (Å²) in [5.74, 6) is 2.50. The van der Waals surface area contributed by atoms with Crippen molar-refractivity contribution in [2.45, 2.75) is 58.5 Å². The van der Waals surface area contributed by atoms with Gasteiger partial charge in [-0.3, -0.25) is 5.10 Å². The highest BCUT2D eigenvalue weighted by Crippen LogP contribution is 2.21. The van der Waals surface area contributed by atoms with Crippen molar-refractivity contribution in [3.63, 3.8) is 0 Å². The maximum Gasteiger partial charge on any atom is 0.244 e. The van der Waals surface area contributed by atoms with Gasteiger partial charge in [0.1, 0.15) is 5.82 Å². The number of hydrogen-bond acceptors (Lipinski definition) is 4. The lowest BCUT2D eigenvalue weighted by molar-refractivity contribution is 0.415. The van der Waals surface area contributed by atoms with Gasteiger partial charge >= 0.3 is 0 Å². The Kier molecular flexibility index (Phi) is 4.22. The molecule has 2 unspecified atom stereocenters. The Morgan fingerprint density at radius 1 is 1.50 bits per heavy atom. The first-order valence-corrected chi connectivity index (χ1v) is 7.01. The monoisotopic (exact) mass is 251 g/mol. The van der Waals surface area contributed by atoms with Crippen molar-refractivity contribution < 1.29 is 0 Å². The van der Waals surface area contributed by atoms with Gasteiger partial charge in [0.05, 0.1) is 0 Å². The van der Waals surface area contributed by atoms with Crippen LogP contribution in [0.1, 0.15) is 45.9 Å². The van der Waals surface area contributed by atoms with Gasteiger partial charge in [-0.15, -0.1) is 5.10 Å². The van der Waals surface area contributed by atoms with Crippen LogP contribution in [0.15, 0.2) is 0 Å². The molecule has 2 heterocycles. The molecule has 1 fully saturated rings. The average Bonchev–Trinajstić information content (AvgIpc) is 2.78. The molecule has 1 aliphatic heterocycles. The summed E-state index contributed by atoms with van der Waals surface area (Å²) >= 11 is 0. The average molecular weight is 251 g/mol. The molecule has 18 heavy (non-hydrogen) atoms. The van der Waals surface area contributed by atoms with Gasteiger partial charge in [0.25, 0.3) is 0 Å². The van der Waals surface area contributed by atoms with Crippen LogP contribution in [0.25, 0.3) is 0 Å². The fourth-order valence-electron chi connectivity index (χ4n) is 2.41. The van der Waals surface area contributed by atoms with E-state index in [4.69, 9.17) is 5.73 Å². The van der Waals surface area contributed by atoms with Gasteiger partial charge in [0, 0.05) is 25.0 Å². The Balaban J connectivity index is 2.00. The van der Waals surface area contributed by atoms with Gasteiger partial charge in [-0.05, 0) is 32.1 Å². The molecule has 0 bridgehead atoms. The van der Waals surface area contributed by atoms with Gasteiger partial charge < -0.3 is 10.6 Å². The summed E-state index contributed by atoms with van der Waals surface area (Å²) in [6.07, 6.45) is 4.34. The summed E-state index contributed by atoms with van der Waals surface area (Å²) in [5.41, 5.74) is 6.10. The largest absolute Gasteiger partial charge is 0.335 e. The zero-order chi connectivity index (χ0) is 13.1. The number of nitrogens with one attached hydrogen (secondary N) is 1. The fraction of sp³-hybridized carbons (Fsp3) is 0.846. The number of hydrogen-bond donors (Lipinski definition) is 2. The molecule has 5 nitrogen and oxygen atoms in total. The predicted molar refractivity (Wildman–Crippen MR) is 73.6 cm³/mol. The molecule has 5 heteroatoms. The first kappa shape index (κ1) is 13.3. The molecule has 1 aliphatic rings. The molecular formula is C13H25N5. The van der Waals surface area contributed by atoms with Gasteiger partial charge in [0.2, 0.25) is 5.95 Å². The highest BCUT2D eigenvalue weighted by molar-refractivity contribution is 5.32.